The van der Waals surface area contributed by atoms with E-state index in [4.69, 9.17) is 0 Å². The molecule has 0 radical (unpaired) electrons. The number of para-hydroxylation sites is 1. The molecule has 0 saturated carbocycles. The molecule has 5 heteroatoms. The van der Waals surface area contributed by atoms with E-state index in [0.717, 1.165) is 37.4 Å². The molecule has 2 aromatic carbocycles. The van der Waals surface area contributed by atoms with Gasteiger partial charge in [0.2, 0.25) is 0 Å². The van der Waals surface area contributed by atoms with Gasteiger partial charge >= 0.3 is 0 Å². The summed E-state index contributed by atoms with van der Waals surface area (Å²) >= 11 is 0. The lowest BCUT2D eigenvalue weighted by Crippen LogP contribution is -2.32. The predicted octanol–water partition coefficient (Wildman–Crippen LogP) is 3.41. The minimum Gasteiger partial charge on any atom is -0.309 e. The highest BCUT2D eigenvalue weighted by Crippen LogP contribution is 2.19. The SMILES string of the molecule is CN(Cc1ccccc1)[C@@H]1CCCN(Cc2nc3ccccc3c(=O)[nH]2)CC1. The van der Waals surface area contributed by atoms with Crippen LogP contribution in [0.25, 0.3) is 10.9 Å². The van der Waals surface area contributed by atoms with Gasteiger partial charge in [0.25, 0.3) is 5.56 Å². The van der Waals surface area contributed by atoms with Gasteiger partial charge in [0.15, 0.2) is 0 Å². The summed E-state index contributed by atoms with van der Waals surface area (Å²) in [6.45, 7) is 3.77. The number of hydrogen-bond acceptors (Lipinski definition) is 4. The Morgan fingerprint density at radius 3 is 2.71 bits per heavy atom. The largest absolute Gasteiger partial charge is 0.309 e. The first-order valence-electron chi connectivity index (χ1n) is 10.1. The van der Waals surface area contributed by atoms with Crippen LogP contribution in [-0.4, -0.2) is 45.9 Å². The summed E-state index contributed by atoms with van der Waals surface area (Å²) in [7, 11) is 2.23. The molecule has 1 N–H and O–H groups in total. The van der Waals surface area contributed by atoms with Crippen molar-refractivity contribution in [3.63, 3.8) is 0 Å². The van der Waals surface area contributed by atoms with Crippen LogP contribution in [0.2, 0.25) is 0 Å². The fourth-order valence-electron chi connectivity index (χ4n) is 4.16. The molecule has 0 bridgehead atoms. The van der Waals surface area contributed by atoms with Crippen molar-refractivity contribution in [2.75, 3.05) is 20.1 Å². The van der Waals surface area contributed by atoms with Gasteiger partial charge in [-0.15, -0.1) is 0 Å². The number of H-pyrrole nitrogens is 1. The molecule has 28 heavy (non-hydrogen) atoms. The number of nitrogens with one attached hydrogen (secondary N) is 1. The van der Waals surface area contributed by atoms with E-state index in [1.165, 1.54) is 18.4 Å². The molecule has 3 aromatic rings. The molecular weight excluding hydrogens is 348 g/mol. The Bertz CT molecular complexity index is 969. The van der Waals surface area contributed by atoms with E-state index in [1.54, 1.807) is 0 Å². The highest BCUT2D eigenvalue weighted by Gasteiger charge is 2.21. The number of hydrogen-bond donors (Lipinski definition) is 1. The summed E-state index contributed by atoms with van der Waals surface area (Å²) in [6, 6.07) is 18.8. The van der Waals surface area contributed by atoms with Crippen molar-refractivity contribution in [3.05, 3.63) is 76.3 Å². The molecule has 0 unspecified atom stereocenters. The second kappa shape index (κ2) is 8.67. The van der Waals surface area contributed by atoms with Crippen molar-refractivity contribution < 1.29 is 0 Å². The molecule has 1 aliphatic rings. The number of aromatic amines is 1. The zero-order chi connectivity index (χ0) is 19.3. The van der Waals surface area contributed by atoms with Crippen LogP contribution >= 0.6 is 0 Å². The first-order valence-corrected chi connectivity index (χ1v) is 10.1. The molecule has 1 aromatic heterocycles. The predicted molar refractivity (Wildman–Crippen MR) is 113 cm³/mol. The third-order valence-corrected chi connectivity index (χ3v) is 5.72. The molecule has 1 fully saturated rings. The third kappa shape index (κ3) is 4.49. The highest BCUT2D eigenvalue weighted by molar-refractivity contribution is 5.77. The second-order valence-corrected chi connectivity index (χ2v) is 7.79. The molecule has 0 spiro atoms. The first-order chi connectivity index (χ1) is 13.7. The number of likely N-dealkylation sites (tertiary alicyclic amines) is 1. The van der Waals surface area contributed by atoms with E-state index >= 15 is 0 Å². The Kier molecular flexibility index (Phi) is 5.84. The van der Waals surface area contributed by atoms with Crippen LogP contribution in [0.4, 0.5) is 0 Å². The smallest absolute Gasteiger partial charge is 0.258 e. The molecular formula is C23H28N4O. The van der Waals surface area contributed by atoms with Gasteiger partial charge in [-0.05, 0) is 50.6 Å². The topological polar surface area (TPSA) is 52.2 Å². The molecule has 4 rings (SSSR count). The van der Waals surface area contributed by atoms with Crippen LogP contribution in [0, 0.1) is 0 Å². The van der Waals surface area contributed by atoms with E-state index in [1.807, 2.05) is 24.3 Å². The zero-order valence-corrected chi connectivity index (χ0v) is 16.5. The normalized spacial score (nSPS) is 18.4. The summed E-state index contributed by atoms with van der Waals surface area (Å²) < 4.78 is 0. The van der Waals surface area contributed by atoms with Crippen molar-refractivity contribution >= 4 is 10.9 Å². The average molecular weight is 377 g/mol. The Labute approximate surface area is 166 Å². The number of nitrogens with zero attached hydrogens (tertiary/aromatic N) is 3. The van der Waals surface area contributed by atoms with Gasteiger partial charge < -0.3 is 4.98 Å². The molecule has 146 valence electrons. The maximum absolute atomic E-state index is 12.3. The summed E-state index contributed by atoms with van der Waals surface area (Å²) in [5.41, 5.74) is 2.09. The minimum atomic E-state index is -0.0455. The summed E-state index contributed by atoms with van der Waals surface area (Å²) in [5, 5.41) is 0.657. The highest BCUT2D eigenvalue weighted by atomic mass is 16.1. The summed E-state index contributed by atoms with van der Waals surface area (Å²) in [4.78, 5) is 24.8. The van der Waals surface area contributed by atoms with E-state index in [2.05, 4.69) is 57.1 Å². The van der Waals surface area contributed by atoms with Crippen molar-refractivity contribution in [1.29, 1.82) is 0 Å². The number of aromatic nitrogens is 2. The molecule has 0 aliphatic carbocycles. The van der Waals surface area contributed by atoms with Gasteiger partial charge in [0.1, 0.15) is 5.82 Å². The van der Waals surface area contributed by atoms with Gasteiger partial charge in [-0.25, -0.2) is 4.98 Å². The number of rotatable bonds is 5. The van der Waals surface area contributed by atoms with Gasteiger partial charge in [-0.2, -0.15) is 0 Å². The minimum absolute atomic E-state index is 0.0455. The molecule has 1 saturated heterocycles. The molecule has 2 heterocycles. The van der Waals surface area contributed by atoms with E-state index in [-0.39, 0.29) is 5.56 Å². The van der Waals surface area contributed by atoms with Gasteiger partial charge in [0, 0.05) is 19.1 Å². The molecule has 1 aliphatic heterocycles. The molecule has 1 atom stereocenters. The van der Waals surface area contributed by atoms with Crippen LogP contribution in [0.1, 0.15) is 30.7 Å². The second-order valence-electron chi connectivity index (χ2n) is 7.79. The first kappa shape index (κ1) is 18.8. The molecule has 0 amide bonds. The van der Waals surface area contributed by atoms with Gasteiger partial charge in [-0.1, -0.05) is 42.5 Å². The van der Waals surface area contributed by atoms with E-state index in [9.17, 15) is 4.79 Å². The van der Waals surface area contributed by atoms with Crippen molar-refractivity contribution in [2.45, 2.75) is 38.4 Å². The van der Waals surface area contributed by atoms with Crippen molar-refractivity contribution in [3.8, 4) is 0 Å². The number of fused-ring (bicyclic) bond motifs is 1. The maximum Gasteiger partial charge on any atom is 0.258 e. The Morgan fingerprint density at radius 2 is 1.86 bits per heavy atom. The van der Waals surface area contributed by atoms with Crippen LogP contribution in [0.3, 0.4) is 0 Å². The van der Waals surface area contributed by atoms with Crippen molar-refractivity contribution in [1.82, 2.24) is 19.8 Å². The quantitative estimate of drug-likeness (QED) is 0.741. The van der Waals surface area contributed by atoms with Crippen LogP contribution in [-0.2, 0) is 13.1 Å². The van der Waals surface area contributed by atoms with Gasteiger partial charge in [0.05, 0.1) is 17.4 Å². The van der Waals surface area contributed by atoms with E-state index < -0.39 is 0 Å². The lowest BCUT2D eigenvalue weighted by molar-refractivity contribution is 0.205. The average Bonchev–Trinajstić information content (AvgIpc) is 2.94. The fourth-order valence-corrected chi connectivity index (χ4v) is 4.16. The van der Waals surface area contributed by atoms with Crippen LogP contribution < -0.4 is 5.56 Å². The van der Waals surface area contributed by atoms with Crippen molar-refractivity contribution in [2.24, 2.45) is 0 Å². The van der Waals surface area contributed by atoms with Crippen LogP contribution in [0.15, 0.2) is 59.4 Å². The Morgan fingerprint density at radius 1 is 1.07 bits per heavy atom. The van der Waals surface area contributed by atoms with E-state index in [0.29, 0.717) is 18.0 Å². The summed E-state index contributed by atoms with van der Waals surface area (Å²) in [6.07, 6.45) is 3.52. The van der Waals surface area contributed by atoms with Gasteiger partial charge in [-0.3, -0.25) is 14.6 Å². The standard InChI is InChI=1S/C23H28N4O/c1-26(16-18-8-3-2-4-9-18)19-10-7-14-27(15-13-19)17-22-24-21-12-6-5-11-20(21)23(28)25-22/h2-6,8-9,11-12,19H,7,10,13-17H2,1H3,(H,24,25,28)/t19-/m1/s1. The Hall–Kier alpha value is -2.50. The lowest BCUT2D eigenvalue weighted by atomic mass is 10.1. The third-order valence-electron chi connectivity index (χ3n) is 5.72. The Balaban J connectivity index is 1.38. The monoisotopic (exact) mass is 376 g/mol. The summed E-state index contributed by atoms with van der Waals surface area (Å²) in [5.74, 6) is 0.764. The number of benzene rings is 2. The lowest BCUT2D eigenvalue weighted by Gasteiger charge is -2.27. The zero-order valence-electron chi connectivity index (χ0n) is 16.5. The fraction of sp³-hybridized carbons (Fsp3) is 0.391. The maximum atomic E-state index is 12.3. The van der Waals surface area contributed by atoms with Crippen LogP contribution in [0.5, 0.6) is 0 Å². The molecule has 5 nitrogen and oxygen atoms in total.